The molecule has 0 atom stereocenters. The van der Waals surface area contributed by atoms with Crippen LogP contribution in [0.1, 0.15) is 18.4 Å². The summed E-state index contributed by atoms with van der Waals surface area (Å²) in [6.07, 6.45) is 0.720. The smallest absolute Gasteiger partial charge is 0.233 e. The number of rotatable bonds is 2. The molecular weight excluding hydrogens is 280 g/mol. The zero-order valence-electron chi connectivity index (χ0n) is 12.5. The van der Waals surface area contributed by atoms with Crippen molar-refractivity contribution in [3.05, 3.63) is 41.8 Å². The fourth-order valence-electron chi connectivity index (χ4n) is 2.99. The molecule has 114 valence electrons. The van der Waals surface area contributed by atoms with Gasteiger partial charge in [0, 0.05) is 18.5 Å². The number of hydrogen-bond donors (Lipinski definition) is 0. The van der Waals surface area contributed by atoms with Crippen LogP contribution in [-0.4, -0.2) is 35.5 Å². The van der Waals surface area contributed by atoms with Crippen LogP contribution in [0.5, 0.6) is 0 Å². The van der Waals surface area contributed by atoms with Crippen molar-refractivity contribution in [1.82, 2.24) is 9.88 Å². The molecule has 5 heteroatoms. The Kier molecular flexibility index (Phi) is 3.04. The van der Waals surface area contributed by atoms with Crippen molar-refractivity contribution in [3.8, 4) is 11.5 Å². The summed E-state index contributed by atoms with van der Waals surface area (Å²) in [5, 5.41) is 0. The van der Waals surface area contributed by atoms with Crippen LogP contribution >= 0.6 is 0 Å². The van der Waals surface area contributed by atoms with Crippen LogP contribution in [-0.2, 0) is 22.5 Å². The average molecular weight is 298 g/mol. The molecule has 1 amide bonds. The van der Waals surface area contributed by atoms with Gasteiger partial charge in [-0.3, -0.25) is 4.79 Å². The van der Waals surface area contributed by atoms with Gasteiger partial charge in [-0.2, -0.15) is 0 Å². The number of fused-ring (bicyclic) bond motifs is 1. The number of aromatic nitrogens is 1. The molecule has 2 aliphatic rings. The van der Waals surface area contributed by atoms with Crippen molar-refractivity contribution in [2.45, 2.75) is 19.9 Å². The number of nitrogens with zero attached hydrogens (tertiary/aromatic N) is 2. The topological polar surface area (TPSA) is 55.6 Å². The van der Waals surface area contributed by atoms with Gasteiger partial charge in [0.1, 0.15) is 11.5 Å². The molecule has 22 heavy (non-hydrogen) atoms. The molecule has 0 N–H and O–H groups in total. The van der Waals surface area contributed by atoms with E-state index in [0.717, 1.165) is 23.4 Å². The molecule has 0 saturated carbocycles. The highest BCUT2D eigenvalue weighted by molar-refractivity contribution is 5.83. The van der Waals surface area contributed by atoms with Crippen molar-refractivity contribution in [3.63, 3.8) is 0 Å². The Morgan fingerprint density at radius 2 is 2.05 bits per heavy atom. The van der Waals surface area contributed by atoms with E-state index in [-0.39, 0.29) is 11.3 Å². The molecule has 0 bridgehead atoms. The van der Waals surface area contributed by atoms with Gasteiger partial charge in [-0.25, -0.2) is 4.98 Å². The first-order valence-corrected chi connectivity index (χ1v) is 7.57. The van der Waals surface area contributed by atoms with Crippen molar-refractivity contribution < 1.29 is 13.9 Å². The number of ether oxygens (including phenoxy) is 1. The van der Waals surface area contributed by atoms with Crippen LogP contribution < -0.4 is 0 Å². The standard InChI is InChI=1S/C17H18N2O3/c1-17(10-21-11-17)16(20)19-8-7-14-13(9-19)18-15(22-14)12-5-3-2-4-6-12/h2-6H,7-11H2,1H3. The molecular formula is C17H18N2O3. The number of carbonyl (C=O) groups is 1. The van der Waals surface area contributed by atoms with Gasteiger partial charge in [0.05, 0.1) is 25.2 Å². The van der Waals surface area contributed by atoms with E-state index in [1.807, 2.05) is 42.2 Å². The molecule has 0 radical (unpaired) electrons. The maximum atomic E-state index is 12.6. The number of benzene rings is 1. The first-order valence-electron chi connectivity index (χ1n) is 7.57. The molecule has 0 unspecified atom stereocenters. The normalized spacial score (nSPS) is 19.4. The lowest BCUT2D eigenvalue weighted by Crippen LogP contribution is -2.54. The lowest BCUT2D eigenvalue weighted by molar-refractivity contribution is -0.169. The third kappa shape index (κ3) is 2.13. The molecule has 2 aromatic rings. The minimum atomic E-state index is -0.358. The maximum Gasteiger partial charge on any atom is 0.233 e. The van der Waals surface area contributed by atoms with E-state index >= 15 is 0 Å². The van der Waals surface area contributed by atoms with E-state index in [4.69, 9.17) is 9.15 Å². The van der Waals surface area contributed by atoms with Crippen molar-refractivity contribution in [1.29, 1.82) is 0 Å². The zero-order chi connectivity index (χ0) is 15.2. The van der Waals surface area contributed by atoms with Gasteiger partial charge >= 0.3 is 0 Å². The zero-order valence-corrected chi connectivity index (χ0v) is 12.5. The Bertz CT molecular complexity index is 704. The van der Waals surface area contributed by atoms with E-state index in [1.54, 1.807) is 0 Å². The van der Waals surface area contributed by atoms with Gasteiger partial charge in [-0.1, -0.05) is 18.2 Å². The minimum absolute atomic E-state index is 0.161. The first kappa shape index (κ1) is 13.5. The van der Waals surface area contributed by atoms with Gasteiger partial charge in [0.25, 0.3) is 0 Å². The van der Waals surface area contributed by atoms with Crippen LogP contribution in [0.2, 0.25) is 0 Å². The van der Waals surface area contributed by atoms with Gasteiger partial charge in [0.15, 0.2) is 0 Å². The Hall–Kier alpha value is -2.14. The van der Waals surface area contributed by atoms with E-state index < -0.39 is 0 Å². The Morgan fingerprint density at radius 3 is 2.73 bits per heavy atom. The lowest BCUT2D eigenvalue weighted by Gasteiger charge is -2.41. The highest BCUT2D eigenvalue weighted by Gasteiger charge is 2.44. The summed E-state index contributed by atoms with van der Waals surface area (Å²) in [6.45, 7) is 4.21. The summed E-state index contributed by atoms with van der Waals surface area (Å²) >= 11 is 0. The fraction of sp³-hybridized carbons (Fsp3) is 0.412. The van der Waals surface area contributed by atoms with Crippen LogP contribution in [0.25, 0.3) is 11.5 Å². The molecule has 5 nitrogen and oxygen atoms in total. The second kappa shape index (κ2) is 4.95. The van der Waals surface area contributed by atoms with Crippen molar-refractivity contribution in [2.24, 2.45) is 5.41 Å². The van der Waals surface area contributed by atoms with E-state index in [9.17, 15) is 4.79 Å². The highest BCUT2D eigenvalue weighted by atomic mass is 16.5. The van der Waals surface area contributed by atoms with E-state index in [0.29, 0.717) is 32.2 Å². The monoisotopic (exact) mass is 298 g/mol. The van der Waals surface area contributed by atoms with Crippen molar-refractivity contribution in [2.75, 3.05) is 19.8 Å². The summed E-state index contributed by atoms with van der Waals surface area (Å²) < 4.78 is 11.1. The van der Waals surface area contributed by atoms with Crippen LogP contribution in [0.15, 0.2) is 34.7 Å². The van der Waals surface area contributed by atoms with Gasteiger partial charge in [-0.05, 0) is 19.1 Å². The molecule has 1 saturated heterocycles. The summed E-state index contributed by atoms with van der Waals surface area (Å²) in [5.74, 6) is 1.70. The molecule has 1 aromatic heterocycles. The average Bonchev–Trinajstić information content (AvgIpc) is 2.96. The Balaban J connectivity index is 1.56. The summed E-state index contributed by atoms with van der Waals surface area (Å²) in [5.41, 5.74) is 1.49. The molecule has 1 aromatic carbocycles. The van der Waals surface area contributed by atoms with Gasteiger partial charge in [0.2, 0.25) is 11.8 Å². The predicted molar refractivity (Wildman–Crippen MR) is 80.0 cm³/mol. The van der Waals surface area contributed by atoms with Crippen LogP contribution in [0.4, 0.5) is 0 Å². The Morgan fingerprint density at radius 1 is 1.27 bits per heavy atom. The molecule has 2 aliphatic heterocycles. The number of carbonyl (C=O) groups excluding carboxylic acids is 1. The van der Waals surface area contributed by atoms with E-state index in [2.05, 4.69) is 4.98 Å². The summed E-state index contributed by atoms with van der Waals surface area (Å²) in [7, 11) is 0. The minimum Gasteiger partial charge on any atom is -0.441 e. The molecule has 1 fully saturated rings. The number of amides is 1. The second-order valence-corrected chi connectivity index (χ2v) is 6.29. The van der Waals surface area contributed by atoms with Gasteiger partial charge in [-0.15, -0.1) is 0 Å². The molecule has 4 rings (SSSR count). The first-order chi connectivity index (χ1) is 10.7. The molecule has 0 spiro atoms. The summed E-state index contributed by atoms with van der Waals surface area (Å²) in [4.78, 5) is 19.0. The largest absolute Gasteiger partial charge is 0.441 e. The number of oxazole rings is 1. The Labute approximate surface area is 128 Å². The molecule has 3 heterocycles. The lowest BCUT2D eigenvalue weighted by atomic mass is 9.86. The van der Waals surface area contributed by atoms with E-state index in [1.165, 1.54) is 0 Å². The molecule has 0 aliphatic carbocycles. The van der Waals surface area contributed by atoms with Crippen LogP contribution in [0.3, 0.4) is 0 Å². The second-order valence-electron chi connectivity index (χ2n) is 6.29. The third-order valence-corrected chi connectivity index (χ3v) is 4.39. The van der Waals surface area contributed by atoms with Crippen LogP contribution in [0, 0.1) is 5.41 Å². The maximum absolute atomic E-state index is 12.6. The highest BCUT2D eigenvalue weighted by Crippen LogP contribution is 2.32. The predicted octanol–water partition coefficient (Wildman–Crippen LogP) is 2.26. The SMILES string of the molecule is CC1(C(=O)N2CCc3oc(-c4ccccc4)nc3C2)COC1. The quantitative estimate of drug-likeness (QED) is 0.853. The summed E-state index contributed by atoms with van der Waals surface area (Å²) in [6, 6.07) is 9.85. The number of hydrogen-bond acceptors (Lipinski definition) is 4. The fourth-order valence-corrected chi connectivity index (χ4v) is 2.99. The third-order valence-electron chi connectivity index (χ3n) is 4.39. The van der Waals surface area contributed by atoms with Crippen molar-refractivity contribution >= 4 is 5.91 Å². The van der Waals surface area contributed by atoms with Gasteiger partial charge < -0.3 is 14.1 Å².